The zero-order valence-corrected chi connectivity index (χ0v) is 15.0. The molecule has 0 saturated carbocycles. The second-order valence-electron chi connectivity index (χ2n) is 6.04. The van der Waals surface area contributed by atoms with Crippen LogP contribution >= 0.6 is 0 Å². The van der Waals surface area contributed by atoms with Crippen LogP contribution in [0.2, 0.25) is 0 Å². The lowest BCUT2D eigenvalue weighted by molar-refractivity contribution is 0.546. The number of rotatable bonds is 14. The van der Waals surface area contributed by atoms with Gasteiger partial charge in [-0.2, -0.15) is 0 Å². The molecule has 1 rings (SSSR count). The Kier molecular flexibility index (Phi) is 10.9. The fraction of sp³-hybridized carbons (Fsp3) is 0.667. The molecule has 0 aliphatic carbocycles. The lowest BCUT2D eigenvalue weighted by Gasteiger charge is -2.06. The van der Waals surface area contributed by atoms with Crippen LogP contribution in [0.5, 0.6) is 0 Å². The molecule has 1 aromatic rings. The minimum atomic E-state index is -3.33. The van der Waals surface area contributed by atoms with E-state index >= 15 is 0 Å². The third-order valence-corrected chi connectivity index (χ3v) is 5.45. The van der Waals surface area contributed by atoms with Gasteiger partial charge in [0.1, 0.15) is 0 Å². The Bertz CT molecular complexity index is 489. The molecular weight excluding hydrogens is 308 g/mol. The topological polar surface area (TPSA) is 72.2 Å². The summed E-state index contributed by atoms with van der Waals surface area (Å²) in [4.78, 5) is 0.342. The van der Waals surface area contributed by atoms with Gasteiger partial charge in [-0.3, -0.25) is 0 Å². The molecule has 3 N–H and O–H groups in total. The largest absolute Gasteiger partial charge is 0.330 e. The predicted molar refractivity (Wildman–Crippen MR) is 96.9 cm³/mol. The van der Waals surface area contributed by atoms with E-state index in [4.69, 9.17) is 5.73 Å². The third kappa shape index (κ3) is 9.74. The van der Waals surface area contributed by atoms with Gasteiger partial charge in [0.2, 0.25) is 10.0 Å². The standard InChI is InChI=1S/C18H32N2O2S/c19-16-12-7-5-3-1-2-4-6-8-13-17-20-23(21,22)18-14-10-9-11-15-18/h9-11,14-15,20H,1-8,12-13,16-17,19H2. The number of sulfonamides is 1. The van der Waals surface area contributed by atoms with Gasteiger partial charge >= 0.3 is 0 Å². The van der Waals surface area contributed by atoms with Crippen LogP contribution in [-0.2, 0) is 10.0 Å². The summed E-state index contributed by atoms with van der Waals surface area (Å²) >= 11 is 0. The minimum Gasteiger partial charge on any atom is -0.330 e. The van der Waals surface area contributed by atoms with E-state index in [1.165, 1.54) is 44.9 Å². The SMILES string of the molecule is NCCCCCCCCCCCCNS(=O)(=O)c1ccccc1. The van der Waals surface area contributed by atoms with Crippen LogP contribution in [0.25, 0.3) is 0 Å². The smallest absolute Gasteiger partial charge is 0.240 e. The zero-order valence-electron chi connectivity index (χ0n) is 14.2. The molecule has 0 aliphatic rings. The summed E-state index contributed by atoms with van der Waals surface area (Å²) < 4.78 is 26.7. The van der Waals surface area contributed by atoms with E-state index in [0.717, 1.165) is 25.8 Å². The maximum Gasteiger partial charge on any atom is 0.240 e. The highest BCUT2D eigenvalue weighted by atomic mass is 32.2. The van der Waals surface area contributed by atoms with Crippen molar-refractivity contribution in [2.45, 2.75) is 69.1 Å². The first-order chi connectivity index (χ1) is 11.2. The molecule has 4 nitrogen and oxygen atoms in total. The molecule has 0 radical (unpaired) electrons. The number of hydrogen-bond donors (Lipinski definition) is 2. The first kappa shape index (κ1) is 20.1. The van der Waals surface area contributed by atoms with Crippen molar-refractivity contribution in [3.8, 4) is 0 Å². The average molecular weight is 341 g/mol. The fourth-order valence-corrected chi connectivity index (χ4v) is 3.67. The van der Waals surface area contributed by atoms with Crippen molar-refractivity contribution in [1.29, 1.82) is 0 Å². The number of unbranched alkanes of at least 4 members (excludes halogenated alkanes) is 9. The molecule has 0 atom stereocenters. The average Bonchev–Trinajstić information content (AvgIpc) is 2.56. The normalized spacial score (nSPS) is 11.7. The van der Waals surface area contributed by atoms with Gasteiger partial charge < -0.3 is 5.73 Å². The Morgan fingerprint density at radius 3 is 1.74 bits per heavy atom. The van der Waals surface area contributed by atoms with Gasteiger partial charge in [-0.05, 0) is 31.5 Å². The van der Waals surface area contributed by atoms with Gasteiger partial charge in [0.05, 0.1) is 4.90 Å². The minimum absolute atomic E-state index is 0.342. The van der Waals surface area contributed by atoms with Gasteiger partial charge in [-0.15, -0.1) is 0 Å². The van der Waals surface area contributed by atoms with Crippen LogP contribution in [0.3, 0.4) is 0 Å². The Morgan fingerprint density at radius 1 is 0.739 bits per heavy atom. The highest BCUT2D eigenvalue weighted by molar-refractivity contribution is 7.89. The Hall–Kier alpha value is -0.910. The molecule has 0 aliphatic heterocycles. The second kappa shape index (κ2) is 12.5. The maximum absolute atomic E-state index is 12.0. The van der Waals surface area contributed by atoms with E-state index in [0.29, 0.717) is 11.4 Å². The van der Waals surface area contributed by atoms with E-state index in [-0.39, 0.29) is 0 Å². The predicted octanol–water partition coefficient (Wildman–Crippen LogP) is 3.82. The van der Waals surface area contributed by atoms with Crippen molar-refractivity contribution in [2.75, 3.05) is 13.1 Å². The molecule has 1 aromatic carbocycles. The highest BCUT2D eigenvalue weighted by Crippen LogP contribution is 2.11. The third-order valence-electron chi connectivity index (χ3n) is 3.98. The van der Waals surface area contributed by atoms with Crippen LogP contribution in [0.15, 0.2) is 35.2 Å². The molecule has 5 heteroatoms. The molecule has 0 saturated heterocycles. The van der Waals surface area contributed by atoms with Gasteiger partial charge in [-0.1, -0.05) is 69.6 Å². The molecule has 132 valence electrons. The number of nitrogens with two attached hydrogens (primary N) is 1. The van der Waals surface area contributed by atoms with E-state index in [2.05, 4.69) is 4.72 Å². The van der Waals surface area contributed by atoms with Crippen LogP contribution in [0.4, 0.5) is 0 Å². The molecule has 0 bridgehead atoms. The summed E-state index contributed by atoms with van der Waals surface area (Å²) in [6, 6.07) is 8.54. The molecule has 0 aromatic heterocycles. The Labute approximate surface area is 141 Å². The van der Waals surface area contributed by atoms with E-state index in [1.807, 2.05) is 6.07 Å². The van der Waals surface area contributed by atoms with Crippen LogP contribution in [-0.4, -0.2) is 21.5 Å². The van der Waals surface area contributed by atoms with Crippen molar-refractivity contribution in [2.24, 2.45) is 5.73 Å². The lowest BCUT2D eigenvalue weighted by atomic mass is 10.1. The summed E-state index contributed by atoms with van der Waals surface area (Å²) in [5.74, 6) is 0. The van der Waals surface area contributed by atoms with Gasteiger partial charge in [-0.25, -0.2) is 13.1 Å². The molecule has 23 heavy (non-hydrogen) atoms. The lowest BCUT2D eigenvalue weighted by Crippen LogP contribution is -2.24. The van der Waals surface area contributed by atoms with E-state index in [1.54, 1.807) is 24.3 Å². The number of benzene rings is 1. The number of hydrogen-bond acceptors (Lipinski definition) is 3. The summed E-state index contributed by atoms with van der Waals surface area (Å²) in [6.45, 7) is 1.34. The zero-order chi connectivity index (χ0) is 16.8. The summed E-state index contributed by atoms with van der Waals surface area (Å²) in [6.07, 6.45) is 12.1. The van der Waals surface area contributed by atoms with Crippen LogP contribution in [0.1, 0.15) is 64.2 Å². The molecule has 0 fully saturated rings. The van der Waals surface area contributed by atoms with Gasteiger partial charge in [0, 0.05) is 6.54 Å². The van der Waals surface area contributed by atoms with Crippen LogP contribution in [0, 0.1) is 0 Å². The molecule has 0 spiro atoms. The van der Waals surface area contributed by atoms with Crippen molar-refractivity contribution in [3.63, 3.8) is 0 Å². The van der Waals surface area contributed by atoms with Crippen molar-refractivity contribution in [3.05, 3.63) is 30.3 Å². The van der Waals surface area contributed by atoms with E-state index < -0.39 is 10.0 Å². The van der Waals surface area contributed by atoms with Gasteiger partial charge in [0.25, 0.3) is 0 Å². The van der Waals surface area contributed by atoms with Crippen LogP contribution < -0.4 is 10.5 Å². The highest BCUT2D eigenvalue weighted by Gasteiger charge is 2.11. The summed E-state index contributed by atoms with van der Waals surface area (Å²) in [7, 11) is -3.33. The van der Waals surface area contributed by atoms with Crippen molar-refractivity contribution < 1.29 is 8.42 Å². The quantitative estimate of drug-likeness (QED) is 0.506. The summed E-state index contributed by atoms with van der Waals surface area (Å²) in [5, 5.41) is 0. The monoisotopic (exact) mass is 340 g/mol. The fourth-order valence-electron chi connectivity index (χ4n) is 2.57. The molecular formula is C18H32N2O2S. The Morgan fingerprint density at radius 2 is 1.22 bits per heavy atom. The maximum atomic E-state index is 12.0. The molecule has 0 unspecified atom stereocenters. The molecule has 0 heterocycles. The van der Waals surface area contributed by atoms with Crippen molar-refractivity contribution >= 4 is 10.0 Å². The van der Waals surface area contributed by atoms with Gasteiger partial charge in [0.15, 0.2) is 0 Å². The first-order valence-electron chi connectivity index (χ1n) is 8.91. The van der Waals surface area contributed by atoms with E-state index in [9.17, 15) is 8.42 Å². The molecule has 0 amide bonds. The Balaban J connectivity index is 1.96. The first-order valence-corrected chi connectivity index (χ1v) is 10.4. The number of nitrogens with one attached hydrogen (secondary N) is 1. The summed E-state index contributed by atoms with van der Waals surface area (Å²) in [5.41, 5.74) is 5.47. The van der Waals surface area contributed by atoms with Crippen molar-refractivity contribution in [1.82, 2.24) is 4.72 Å². The second-order valence-corrected chi connectivity index (χ2v) is 7.80.